The number of hydrogen-bond acceptors (Lipinski definition) is 3. The zero-order valence-electron chi connectivity index (χ0n) is 8.98. The molecule has 1 rings (SSSR count). The third kappa shape index (κ3) is 2.92. The number of rotatable bonds is 3. The molecule has 0 aromatic heterocycles. The van der Waals surface area contributed by atoms with Gasteiger partial charge in [-0.1, -0.05) is 6.92 Å². The lowest BCUT2D eigenvalue weighted by Gasteiger charge is -2.32. The fourth-order valence-electron chi connectivity index (χ4n) is 1.79. The van der Waals surface area contributed by atoms with Gasteiger partial charge in [-0.05, 0) is 19.3 Å². The molecule has 0 aliphatic carbocycles. The van der Waals surface area contributed by atoms with Gasteiger partial charge in [-0.15, -0.1) is 0 Å². The Morgan fingerprint density at radius 1 is 1.60 bits per heavy atom. The van der Waals surface area contributed by atoms with Gasteiger partial charge in [0.15, 0.2) is 0 Å². The van der Waals surface area contributed by atoms with E-state index in [0.717, 1.165) is 6.42 Å². The molecule has 0 aromatic rings. The molecule has 86 valence electrons. The van der Waals surface area contributed by atoms with Gasteiger partial charge >= 0.3 is 5.97 Å². The number of piperidine rings is 1. The van der Waals surface area contributed by atoms with Crippen LogP contribution in [0.15, 0.2) is 0 Å². The van der Waals surface area contributed by atoms with Crippen molar-refractivity contribution in [3.05, 3.63) is 0 Å². The first-order valence-corrected chi connectivity index (χ1v) is 5.33. The maximum atomic E-state index is 11.7. The first-order chi connectivity index (χ1) is 7.06. The molecular formula is C10H18N2O3. The summed E-state index contributed by atoms with van der Waals surface area (Å²) >= 11 is 0. The lowest BCUT2D eigenvalue weighted by Crippen LogP contribution is -2.49. The minimum absolute atomic E-state index is 0.122. The molecule has 1 aliphatic heterocycles. The van der Waals surface area contributed by atoms with E-state index in [1.165, 1.54) is 0 Å². The Morgan fingerprint density at radius 2 is 2.27 bits per heavy atom. The highest BCUT2D eigenvalue weighted by Gasteiger charge is 2.29. The summed E-state index contributed by atoms with van der Waals surface area (Å²) in [6.45, 7) is 2.79. The second-order valence-corrected chi connectivity index (χ2v) is 3.98. The van der Waals surface area contributed by atoms with Gasteiger partial charge in [0.2, 0.25) is 5.91 Å². The Bertz CT molecular complexity index is 255. The largest absolute Gasteiger partial charge is 0.481 e. The lowest BCUT2D eigenvalue weighted by molar-refractivity contribution is -0.146. The maximum Gasteiger partial charge on any atom is 0.308 e. The Balaban J connectivity index is 2.56. The van der Waals surface area contributed by atoms with Crippen molar-refractivity contribution >= 4 is 11.9 Å². The van der Waals surface area contributed by atoms with Crippen LogP contribution in [0.5, 0.6) is 0 Å². The van der Waals surface area contributed by atoms with E-state index in [-0.39, 0.29) is 5.91 Å². The van der Waals surface area contributed by atoms with Crippen molar-refractivity contribution < 1.29 is 14.7 Å². The Labute approximate surface area is 89.2 Å². The molecule has 15 heavy (non-hydrogen) atoms. The molecule has 2 atom stereocenters. The van der Waals surface area contributed by atoms with Crippen LogP contribution in [0.4, 0.5) is 0 Å². The number of nitrogens with zero attached hydrogens (tertiary/aromatic N) is 1. The van der Waals surface area contributed by atoms with E-state index in [1.807, 2.05) is 6.92 Å². The summed E-state index contributed by atoms with van der Waals surface area (Å²) in [6.07, 6.45) is 1.99. The topological polar surface area (TPSA) is 83.6 Å². The van der Waals surface area contributed by atoms with E-state index in [2.05, 4.69) is 0 Å². The number of nitrogens with two attached hydrogens (primary N) is 1. The molecule has 1 aliphatic rings. The number of amides is 1. The number of hydrogen-bond donors (Lipinski definition) is 2. The van der Waals surface area contributed by atoms with Crippen molar-refractivity contribution in [3.63, 3.8) is 0 Å². The fraction of sp³-hybridized carbons (Fsp3) is 0.800. The molecule has 1 amide bonds. The number of carboxylic acids is 1. The first-order valence-electron chi connectivity index (χ1n) is 5.33. The van der Waals surface area contributed by atoms with Crippen LogP contribution in [0.1, 0.15) is 26.2 Å². The summed E-state index contributed by atoms with van der Waals surface area (Å²) in [7, 11) is 0. The maximum absolute atomic E-state index is 11.7. The van der Waals surface area contributed by atoms with Crippen molar-refractivity contribution in [3.8, 4) is 0 Å². The molecule has 0 spiro atoms. The first kappa shape index (κ1) is 12.0. The quantitative estimate of drug-likeness (QED) is 0.695. The predicted octanol–water partition coefficient (Wildman–Crippen LogP) is 0.0469. The summed E-state index contributed by atoms with van der Waals surface area (Å²) in [5.41, 5.74) is 5.63. The summed E-state index contributed by atoms with van der Waals surface area (Å²) < 4.78 is 0. The van der Waals surface area contributed by atoms with Crippen LogP contribution < -0.4 is 5.73 Å². The van der Waals surface area contributed by atoms with Crippen LogP contribution in [0.3, 0.4) is 0 Å². The number of carbonyl (C=O) groups is 2. The molecule has 0 aromatic carbocycles. The van der Waals surface area contributed by atoms with Crippen molar-refractivity contribution in [2.75, 3.05) is 13.1 Å². The van der Waals surface area contributed by atoms with E-state index in [1.54, 1.807) is 4.90 Å². The molecule has 0 bridgehead atoms. The lowest BCUT2D eigenvalue weighted by atomic mass is 9.97. The molecule has 5 nitrogen and oxygen atoms in total. The molecule has 0 radical (unpaired) electrons. The zero-order valence-corrected chi connectivity index (χ0v) is 8.98. The molecule has 5 heteroatoms. The van der Waals surface area contributed by atoms with Gasteiger partial charge in [0.25, 0.3) is 0 Å². The predicted molar refractivity (Wildman–Crippen MR) is 55.2 cm³/mol. The van der Waals surface area contributed by atoms with E-state index >= 15 is 0 Å². The highest BCUT2D eigenvalue weighted by molar-refractivity contribution is 5.82. The molecular weight excluding hydrogens is 196 g/mol. The van der Waals surface area contributed by atoms with Crippen molar-refractivity contribution in [1.82, 2.24) is 4.90 Å². The third-order valence-corrected chi connectivity index (χ3v) is 2.84. The highest BCUT2D eigenvalue weighted by Crippen LogP contribution is 2.17. The SMILES string of the molecule is CC[C@H](N)C(=O)N1CCC[C@@H](C(=O)O)C1. The van der Waals surface area contributed by atoms with Crippen LogP contribution in [-0.4, -0.2) is 41.0 Å². The van der Waals surface area contributed by atoms with Gasteiger partial charge in [0, 0.05) is 13.1 Å². The average Bonchev–Trinajstić information content (AvgIpc) is 2.27. The van der Waals surface area contributed by atoms with Crippen molar-refractivity contribution in [2.24, 2.45) is 11.7 Å². The minimum atomic E-state index is -0.822. The van der Waals surface area contributed by atoms with E-state index in [0.29, 0.717) is 25.9 Å². The Kier molecular flexibility index (Phi) is 4.08. The fourth-order valence-corrected chi connectivity index (χ4v) is 1.79. The van der Waals surface area contributed by atoms with Crippen molar-refractivity contribution in [2.45, 2.75) is 32.2 Å². The zero-order chi connectivity index (χ0) is 11.4. The normalized spacial score (nSPS) is 23.6. The number of carboxylic acid groups (broad SMARTS) is 1. The Morgan fingerprint density at radius 3 is 2.80 bits per heavy atom. The summed E-state index contributed by atoms with van der Waals surface area (Å²) in [4.78, 5) is 24.1. The van der Waals surface area contributed by atoms with Crippen molar-refractivity contribution in [1.29, 1.82) is 0 Å². The summed E-state index contributed by atoms with van der Waals surface area (Å²) in [5.74, 6) is -1.37. The van der Waals surface area contributed by atoms with Crippen LogP contribution in [0.2, 0.25) is 0 Å². The third-order valence-electron chi connectivity index (χ3n) is 2.84. The number of carbonyl (C=O) groups excluding carboxylic acids is 1. The van der Waals surface area contributed by atoms with E-state index in [4.69, 9.17) is 10.8 Å². The van der Waals surface area contributed by atoms with Crippen LogP contribution in [0, 0.1) is 5.92 Å². The molecule has 1 heterocycles. The molecule has 0 unspecified atom stereocenters. The molecule has 1 saturated heterocycles. The van der Waals surface area contributed by atoms with E-state index in [9.17, 15) is 9.59 Å². The minimum Gasteiger partial charge on any atom is -0.481 e. The summed E-state index contributed by atoms with van der Waals surface area (Å²) in [6, 6.07) is -0.488. The molecule has 1 fully saturated rings. The highest BCUT2D eigenvalue weighted by atomic mass is 16.4. The van der Waals surface area contributed by atoms with Crippen LogP contribution in [-0.2, 0) is 9.59 Å². The van der Waals surface area contributed by atoms with Gasteiger partial charge in [-0.25, -0.2) is 0 Å². The molecule has 3 N–H and O–H groups in total. The second-order valence-electron chi connectivity index (χ2n) is 3.98. The van der Waals surface area contributed by atoms with Gasteiger partial charge < -0.3 is 15.7 Å². The van der Waals surface area contributed by atoms with Crippen LogP contribution >= 0.6 is 0 Å². The van der Waals surface area contributed by atoms with Gasteiger partial charge in [0.05, 0.1) is 12.0 Å². The Hall–Kier alpha value is -1.10. The van der Waals surface area contributed by atoms with Gasteiger partial charge in [-0.2, -0.15) is 0 Å². The monoisotopic (exact) mass is 214 g/mol. The van der Waals surface area contributed by atoms with Crippen LogP contribution in [0.25, 0.3) is 0 Å². The standard InChI is InChI=1S/C10H18N2O3/c1-2-8(11)9(13)12-5-3-4-7(6-12)10(14)15/h7-8H,2-6,11H2,1H3,(H,14,15)/t7-,8+/m1/s1. The second kappa shape index (κ2) is 5.11. The smallest absolute Gasteiger partial charge is 0.308 e. The molecule has 0 saturated carbocycles. The van der Waals surface area contributed by atoms with Gasteiger partial charge in [-0.3, -0.25) is 9.59 Å². The van der Waals surface area contributed by atoms with E-state index < -0.39 is 17.9 Å². The number of aliphatic carboxylic acids is 1. The number of likely N-dealkylation sites (tertiary alicyclic amines) is 1. The van der Waals surface area contributed by atoms with Gasteiger partial charge in [0.1, 0.15) is 0 Å². The average molecular weight is 214 g/mol. The summed E-state index contributed by atoms with van der Waals surface area (Å²) in [5, 5.41) is 8.86.